The molecule has 0 atom stereocenters. The zero-order chi connectivity index (χ0) is 18.8. The Morgan fingerprint density at radius 2 is 1.70 bits per heavy atom. The first kappa shape index (κ1) is 23.0. The van der Waals surface area contributed by atoms with Crippen LogP contribution in [0.15, 0.2) is 9.85 Å². The molecule has 1 amide bonds. The number of carbonyl (C=O) groups excluding carboxylic acids is 1. The van der Waals surface area contributed by atoms with E-state index in [1.165, 1.54) is 0 Å². The minimum absolute atomic E-state index is 0. The van der Waals surface area contributed by atoms with Crippen molar-refractivity contribution >= 4 is 63.7 Å². The van der Waals surface area contributed by atoms with Crippen LogP contribution in [0.5, 0.6) is 0 Å². The number of carbonyl (C=O) groups is 2. The molecule has 8 heteroatoms. The molecule has 0 unspecified atom stereocenters. The van der Waals surface area contributed by atoms with Crippen molar-refractivity contribution in [3.8, 4) is 0 Å². The molecular formula is C19H27BrLiNO4S. The van der Waals surface area contributed by atoms with Crippen molar-refractivity contribution in [3.05, 3.63) is 14.7 Å². The molecule has 2 aliphatic carbocycles. The van der Waals surface area contributed by atoms with Crippen LogP contribution in [0.4, 0.5) is 5.69 Å². The molecule has 0 spiro atoms. The SMILES string of the molecule is CC1CCC(C(=O)N(c2cc(Br)sc2C(=O)O)C2CCC(O)CC2)CC1.[LiH]. The van der Waals surface area contributed by atoms with Gasteiger partial charge in [-0.2, -0.15) is 0 Å². The predicted molar refractivity (Wildman–Crippen MR) is 113 cm³/mol. The molecule has 0 aromatic carbocycles. The number of hydrogen-bond acceptors (Lipinski definition) is 4. The average Bonchev–Trinajstić information content (AvgIpc) is 2.99. The van der Waals surface area contributed by atoms with Gasteiger partial charge in [0.2, 0.25) is 5.91 Å². The number of thiophene rings is 1. The summed E-state index contributed by atoms with van der Waals surface area (Å²) >= 11 is 4.54. The fraction of sp³-hybridized carbons (Fsp3) is 0.684. The van der Waals surface area contributed by atoms with E-state index in [9.17, 15) is 19.8 Å². The molecule has 0 aliphatic heterocycles. The summed E-state index contributed by atoms with van der Waals surface area (Å²) in [6.45, 7) is 2.22. The second-order valence-corrected chi connectivity index (χ2v) is 10.1. The van der Waals surface area contributed by atoms with Gasteiger partial charge in [-0.15, -0.1) is 11.3 Å². The van der Waals surface area contributed by atoms with Gasteiger partial charge in [-0.25, -0.2) is 4.79 Å². The third-order valence-electron chi connectivity index (χ3n) is 5.77. The number of halogens is 1. The van der Waals surface area contributed by atoms with E-state index in [1.807, 2.05) is 0 Å². The molecule has 2 fully saturated rings. The van der Waals surface area contributed by atoms with E-state index in [4.69, 9.17) is 0 Å². The summed E-state index contributed by atoms with van der Waals surface area (Å²) in [4.78, 5) is 27.1. The van der Waals surface area contributed by atoms with Gasteiger partial charge in [-0.1, -0.05) is 6.92 Å². The number of carboxylic acids is 1. The Bertz CT molecular complexity index is 667. The molecule has 146 valence electrons. The Morgan fingerprint density at radius 1 is 1.11 bits per heavy atom. The normalized spacial score (nSPS) is 28.3. The zero-order valence-electron chi connectivity index (χ0n) is 15.0. The Kier molecular flexibility index (Phi) is 8.45. The number of amides is 1. The number of aliphatic hydroxyl groups excluding tert-OH is 1. The Labute approximate surface area is 184 Å². The van der Waals surface area contributed by atoms with Gasteiger partial charge in [-0.05, 0) is 79.3 Å². The molecule has 2 saturated carbocycles. The molecule has 0 bridgehead atoms. The summed E-state index contributed by atoms with van der Waals surface area (Å²) in [7, 11) is 0. The Morgan fingerprint density at radius 3 is 2.26 bits per heavy atom. The van der Waals surface area contributed by atoms with Gasteiger partial charge in [0.1, 0.15) is 4.88 Å². The van der Waals surface area contributed by atoms with Crippen LogP contribution >= 0.6 is 27.3 Å². The van der Waals surface area contributed by atoms with Crippen molar-refractivity contribution < 1.29 is 19.8 Å². The first-order chi connectivity index (χ1) is 12.4. The van der Waals surface area contributed by atoms with Gasteiger partial charge in [0, 0.05) is 12.0 Å². The van der Waals surface area contributed by atoms with Crippen LogP contribution in [0.2, 0.25) is 0 Å². The van der Waals surface area contributed by atoms with Crippen LogP contribution in [0.3, 0.4) is 0 Å². The quantitative estimate of drug-likeness (QED) is 0.677. The minimum atomic E-state index is -0.999. The van der Waals surface area contributed by atoms with Crippen LogP contribution in [-0.4, -0.2) is 53.1 Å². The predicted octanol–water partition coefficient (Wildman–Crippen LogP) is 4.02. The molecule has 2 aliphatic rings. The van der Waals surface area contributed by atoms with Gasteiger partial charge in [-0.3, -0.25) is 4.79 Å². The molecule has 27 heavy (non-hydrogen) atoms. The maximum absolute atomic E-state index is 13.4. The van der Waals surface area contributed by atoms with Crippen molar-refractivity contribution in [1.29, 1.82) is 0 Å². The third kappa shape index (κ3) is 5.39. The van der Waals surface area contributed by atoms with Crippen molar-refractivity contribution in [2.45, 2.75) is 70.4 Å². The van der Waals surface area contributed by atoms with Gasteiger partial charge >= 0.3 is 24.8 Å². The molecule has 2 N–H and O–H groups in total. The van der Waals surface area contributed by atoms with E-state index < -0.39 is 5.97 Å². The van der Waals surface area contributed by atoms with Crippen molar-refractivity contribution in [1.82, 2.24) is 0 Å². The first-order valence-corrected chi connectivity index (χ1v) is 11.0. The number of anilines is 1. The topological polar surface area (TPSA) is 77.8 Å². The van der Waals surface area contributed by atoms with Crippen LogP contribution in [0.25, 0.3) is 0 Å². The van der Waals surface area contributed by atoms with Gasteiger partial charge in [0.15, 0.2) is 0 Å². The van der Waals surface area contributed by atoms with E-state index in [1.54, 1.807) is 11.0 Å². The standard InChI is InChI=1S/C19H26BrNO4S.Li.H/c1-11-2-4-12(5-3-11)18(23)21(13-6-8-14(22)9-7-13)15-10-16(20)26-17(15)19(24)25;;/h10-14,22H,2-9H2,1H3,(H,24,25);;. The summed E-state index contributed by atoms with van der Waals surface area (Å²) in [6.07, 6.45) is 6.27. The number of nitrogens with zero attached hydrogens (tertiary/aromatic N) is 1. The van der Waals surface area contributed by atoms with Gasteiger partial charge in [0.25, 0.3) is 0 Å². The van der Waals surface area contributed by atoms with Crippen molar-refractivity contribution in [2.75, 3.05) is 4.90 Å². The van der Waals surface area contributed by atoms with Crippen LogP contribution in [0.1, 0.15) is 68.0 Å². The second kappa shape index (κ2) is 9.93. The summed E-state index contributed by atoms with van der Waals surface area (Å²) < 4.78 is 0.718. The van der Waals surface area contributed by atoms with E-state index in [2.05, 4.69) is 22.9 Å². The summed E-state index contributed by atoms with van der Waals surface area (Å²) in [6, 6.07) is 1.73. The van der Waals surface area contributed by atoms with E-state index in [0.717, 1.165) is 40.8 Å². The van der Waals surface area contributed by atoms with Crippen LogP contribution in [-0.2, 0) is 4.79 Å². The van der Waals surface area contributed by atoms with Gasteiger partial charge in [0.05, 0.1) is 15.6 Å². The average molecular weight is 452 g/mol. The maximum atomic E-state index is 13.4. The molecule has 5 nitrogen and oxygen atoms in total. The van der Waals surface area contributed by atoms with E-state index in [0.29, 0.717) is 37.3 Å². The number of aromatic carboxylic acids is 1. The number of carboxylic acid groups (broad SMARTS) is 1. The third-order valence-corrected chi connectivity index (χ3v) is 7.39. The monoisotopic (exact) mass is 451 g/mol. The summed E-state index contributed by atoms with van der Waals surface area (Å²) in [5.41, 5.74) is 0.513. The first-order valence-electron chi connectivity index (χ1n) is 9.40. The number of rotatable bonds is 4. The van der Waals surface area contributed by atoms with Crippen LogP contribution in [0, 0.1) is 11.8 Å². The Hall–Kier alpha value is -0.323. The van der Waals surface area contributed by atoms with Crippen molar-refractivity contribution in [3.63, 3.8) is 0 Å². The van der Waals surface area contributed by atoms with Crippen molar-refractivity contribution in [2.24, 2.45) is 11.8 Å². The molecule has 1 aromatic heterocycles. The fourth-order valence-corrected chi connectivity index (χ4v) is 5.62. The fourth-order valence-electron chi connectivity index (χ4n) is 4.20. The van der Waals surface area contributed by atoms with Gasteiger partial charge < -0.3 is 15.1 Å². The molecule has 3 rings (SSSR count). The zero-order valence-corrected chi connectivity index (χ0v) is 17.4. The van der Waals surface area contributed by atoms with E-state index in [-0.39, 0.29) is 47.7 Å². The second-order valence-electron chi connectivity index (χ2n) is 7.70. The van der Waals surface area contributed by atoms with E-state index >= 15 is 0 Å². The molecular weight excluding hydrogens is 425 g/mol. The molecule has 0 saturated heterocycles. The molecule has 1 aromatic rings. The number of aliphatic hydroxyl groups is 1. The van der Waals surface area contributed by atoms with Crippen LogP contribution < -0.4 is 4.90 Å². The summed E-state index contributed by atoms with van der Waals surface area (Å²) in [5, 5.41) is 19.4. The molecule has 1 heterocycles. The summed E-state index contributed by atoms with van der Waals surface area (Å²) in [5.74, 6) is -0.312. The number of hydrogen-bond donors (Lipinski definition) is 2. The Balaban J connectivity index is 0.00000261. The molecule has 0 radical (unpaired) electrons.